The lowest BCUT2D eigenvalue weighted by Gasteiger charge is -2.35. The number of piperidine rings is 1. The monoisotopic (exact) mass is 425 g/mol. The van der Waals surface area contributed by atoms with Crippen LogP contribution in [0.1, 0.15) is 43.5 Å². The molecule has 2 aliphatic heterocycles. The van der Waals surface area contributed by atoms with Gasteiger partial charge in [-0.15, -0.1) is 0 Å². The molecule has 3 unspecified atom stereocenters. The zero-order valence-electron chi connectivity index (χ0n) is 16.6. The van der Waals surface area contributed by atoms with Gasteiger partial charge in [0.25, 0.3) is 5.91 Å². The third kappa shape index (κ3) is 5.40. The molecule has 1 aromatic carbocycles. The molecular weight excluding hydrogens is 397 g/mol. The quantitative estimate of drug-likeness (QED) is 0.782. The SMILES string of the molecule is CC1CC(C)CN(CCNC(=O)C2CCCN2C(=O)c2cc(Cl)cc(Cl)c2)C1. The van der Waals surface area contributed by atoms with Crippen molar-refractivity contribution < 1.29 is 9.59 Å². The molecule has 7 heteroatoms. The molecule has 1 N–H and O–H groups in total. The van der Waals surface area contributed by atoms with E-state index >= 15 is 0 Å². The zero-order chi connectivity index (χ0) is 20.3. The summed E-state index contributed by atoms with van der Waals surface area (Å²) in [6.07, 6.45) is 2.78. The first-order valence-corrected chi connectivity index (χ1v) is 10.9. The Kier molecular flexibility index (Phi) is 7.24. The highest BCUT2D eigenvalue weighted by Crippen LogP contribution is 2.25. The van der Waals surface area contributed by atoms with E-state index < -0.39 is 6.04 Å². The van der Waals surface area contributed by atoms with Crippen LogP contribution in [-0.4, -0.2) is 60.4 Å². The summed E-state index contributed by atoms with van der Waals surface area (Å²) in [6, 6.07) is 4.37. The maximum absolute atomic E-state index is 12.9. The van der Waals surface area contributed by atoms with Crippen LogP contribution in [0.25, 0.3) is 0 Å². The Morgan fingerprint density at radius 2 is 1.75 bits per heavy atom. The molecule has 28 heavy (non-hydrogen) atoms. The molecule has 154 valence electrons. The largest absolute Gasteiger partial charge is 0.353 e. The molecule has 0 bridgehead atoms. The second kappa shape index (κ2) is 9.47. The van der Waals surface area contributed by atoms with Crippen LogP contribution in [0.3, 0.4) is 0 Å². The summed E-state index contributed by atoms with van der Waals surface area (Å²) in [7, 11) is 0. The predicted octanol–water partition coefficient (Wildman–Crippen LogP) is 3.69. The van der Waals surface area contributed by atoms with Gasteiger partial charge < -0.3 is 15.1 Å². The minimum atomic E-state index is -0.426. The number of carbonyl (C=O) groups is 2. The lowest BCUT2D eigenvalue weighted by Crippen LogP contribution is -2.48. The molecule has 2 aliphatic rings. The molecule has 0 aliphatic carbocycles. The maximum Gasteiger partial charge on any atom is 0.254 e. The Hall–Kier alpha value is -1.30. The fourth-order valence-corrected chi connectivity index (χ4v) is 5.08. The molecular formula is C21H29Cl2N3O2. The molecule has 0 saturated carbocycles. The van der Waals surface area contributed by atoms with E-state index in [4.69, 9.17) is 23.2 Å². The normalized spacial score (nSPS) is 25.7. The van der Waals surface area contributed by atoms with E-state index in [0.717, 1.165) is 26.1 Å². The average Bonchev–Trinajstić information content (AvgIpc) is 3.09. The molecule has 2 saturated heterocycles. The first-order valence-electron chi connectivity index (χ1n) is 10.1. The van der Waals surface area contributed by atoms with E-state index in [0.29, 0.717) is 47.0 Å². The number of hydrogen-bond acceptors (Lipinski definition) is 3. The van der Waals surface area contributed by atoms with Crippen molar-refractivity contribution in [3.05, 3.63) is 33.8 Å². The first-order chi connectivity index (χ1) is 13.3. The summed E-state index contributed by atoms with van der Waals surface area (Å²) in [6.45, 7) is 8.78. The van der Waals surface area contributed by atoms with Gasteiger partial charge in [0.2, 0.25) is 5.91 Å². The van der Waals surface area contributed by atoms with Crippen molar-refractivity contribution >= 4 is 35.0 Å². The summed E-state index contributed by atoms with van der Waals surface area (Å²) < 4.78 is 0. The second-order valence-electron chi connectivity index (χ2n) is 8.31. The van der Waals surface area contributed by atoms with Gasteiger partial charge in [0, 0.05) is 48.3 Å². The summed E-state index contributed by atoms with van der Waals surface area (Å²) in [4.78, 5) is 29.7. The number of nitrogens with one attached hydrogen (secondary N) is 1. The summed E-state index contributed by atoms with van der Waals surface area (Å²) in [5.74, 6) is 1.14. The molecule has 2 amide bonds. The van der Waals surface area contributed by atoms with Crippen molar-refractivity contribution in [1.82, 2.24) is 15.1 Å². The van der Waals surface area contributed by atoms with Gasteiger partial charge in [0.15, 0.2) is 0 Å². The van der Waals surface area contributed by atoms with E-state index in [1.165, 1.54) is 6.42 Å². The lowest BCUT2D eigenvalue weighted by molar-refractivity contribution is -0.124. The van der Waals surface area contributed by atoms with Crippen molar-refractivity contribution in [2.45, 2.75) is 39.2 Å². The molecule has 0 radical (unpaired) electrons. The standard InChI is InChI=1S/C21H29Cl2N3O2/c1-14-8-15(2)13-25(12-14)7-5-24-20(27)19-4-3-6-26(19)21(28)16-9-17(22)11-18(23)10-16/h9-11,14-15,19H,3-8,12-13H2,1-2H3,(H,24,27). The fraction of sp³-hybridized carbons (Fsp3) is 0.619. The Labute approximate surface area is 177 Å². The zero-order valence-corrected chi connectivity index (χ0v) is 18.1. The van der Waals surface area contributed by atoms with Crippen LogP contribution >= 0.6 is 23.2 Å². The minimum absolute atomic E-state index is 0.0721. The van der Waals surface area contributed by atoms with Crippen molar-refractivity contribution in [2.75, 3.05) is 32.7 Å². The van der Waals surface area contributed by atoms with Crippen LogP contribution in [0, 0.1) is 11.8 Å². The van der Waals surface area contributed by atoms with E-state index in [1.54, 1.807) is 23.1 Å². The number of benzene rings is 1. The van der Waals surface area contributed by atoms with Gasteiger partial charge in [-0.1, -0.05) is 37.0 Å². The molecule has 3 atom stereocenters. The van der Waals surface area contributed by atoms with E-state index in [9.17, 15) is 9.59 Å². The first kappa shape index (κ1) is 21.4. The number of nitrogens with zero attached hydrogens (tertiary/aromatic N) is 2. The van der Waals surface area contributed by atoms with Crippen molar-refractivity contribution in [1.29, 1.82) is 0 Å². The minimum Gasteiger partial charge on any atom is -0.353 e. The fourth-order valence-electron chi connectivity index (χ4n) is 4.56. The van der Waals surface area contributed by atoms with Crippen molar-refractivity contribution in [3.63, 3.8) is 0 Å². The second-order valence-corrected chi connectivity index (χ2v) is 9.18. The van der Waals surface area contributed by atoms with Crippen LogP contribution in [0.2, 0.25) is 10.0 Å². The molecule has 1 aromatic rings. The van der Waals surface area contributed by atoms with Crippen molar-refractivity contribution in [2.24, 2.45) is 11.8 Å². The van der Waals surface area contributed by atoms with Crippen LogP contribution in [0.4, 0.5) is 0 Å². The van der Waals surface area contributed by atoms with E-state index in [1.807, 2.05) is 0 Å². The number of likely N-dealkylation sites (tertiary alicyclic amines) is 2. The topological polar surface area (TPSA) is 52.7 Å². The summed E-state index contributed by atoms with van der Waals surface area (Å²) in [5, 5.41) is 3.87. The number of amides is 2. The van der Waals surface area contributed by atoms with E-state index in [2.05, 4.69) is 24.1 Å². The average molecular weight is 426 g/mol. The van der Waals surface area contributed by atoms with Gasteiger partial charge in [0.05, 0.1) is 0 Å². The van der Waals surface area contributed by atoms with Crippen LogP contribution in [0.15, 0.2) is 18.2 Å². The number of rotatable bonds is 5. The third-order valence-electron chi connectivity index (χ3n) is 5.60. The van der Waals surface area contributed by atoms with Gasteiger partial charge in [-0.2, -0.15) is 0 Å². The van der Waals surface area contributed by atoms with Crippen LogP contribution in [0.5, 0.6) is 0 Å². The van der Waals surface area contributed by atoms with E-state index in [-0.39, 0.29) is 11.8 Å². The Bertz CT molecular complexity index is 697. The predicted molar refractivity (Wildman–Crippen MR) is 113 cm³/mol. The Balaban J connectivity index is 1.55. The number of halogens is 2. The highest BCUT2D eigenvalue weighted by Gasteiger charge is 2.34. The molecule has 2 fully saturated rings. The van der Waals surface area contributed by atoms with Crippen LogP contribution in [-0.2, 0) is 4.79 Å². The maximum atomic E-state index is 12.9. The third-order valence-corrected chi connectivity index (χ3v) is 6.03. The Morgan fingerprint density at radius 1 is 1.11 bits per heavy atom. The van der Waals surface area contributed by atoms with Crippen LogP contribution < -0.4 is 5.32 Å². The highest BCUT2D eigenvalue weighted by atomic mass is 35.5. The summed E-state index contributed by atoms with van der Waals surface area (Å²) in [5.41, 5.74) is 0.425. The highest BCUT2D eigenvalue weighted by molar-refractivity contribution is 6.35. The number of hydrogen-bond donors (Lipinski definition) is 1. The lowest BCUT2D eigenvalue weighted by atomic mass is 9.92. The smallest absolute Gasteiger partial charge is 0.254 e. The van der Waals surface area contributed by atoms with Gasteiger partial charge >= 0.3 is 0 Å². The van der Waals surface area contributed by atoms with Gasteiger partial charge in [-0.25, -0.2) is 0 Å². The van der Waals surface area contributed by atoms with Gasteiger partial charge in [0.1, 0.15) is 6.04 Å². The molecule has 0 aromatic heterocycles. The van der Waals surface area contributed by atoms with Gasteiger partial charge in [-0.3, -0.25) is 9.59 Å². The number of carbonyl (C=O) groups excluding carboxylic acids is 2. The molecule has 5 nitrogen and oxygen atoms in total. The van der Waals surface area contributed by atoms with Gasteiger partial charge in [-0.05, 0) is 49.3 Å². The molecule has 2 heterocycles. The summed E-state index contributed by atoms with van der Waals surface area (Å²) >= 11 is 12.0. The molecule has 3 rings (SSSR count). The van der Waals surface area contributed by atoms with Crippen molar-refractivity contribution in [3.8, 4) is 0 Å². The molecule has 0 spiro atoms. The Morgan fingerprint density at radius 3 is 2.39 bits per heavy atom.